The third kappa shape index (κ3) is 3.70. The molecule has 0 spiro atoms. The second-order valence-corrected chi connectivity index (χ2v) is 6.53. The van der Waals surface area contributed by atoms with Crippen LogP contribution in [0.3, 0.4) is 0 Å². The van der Waals surface area contributed by atoms with Gasteiger partial charge in [0.15, 0.2) is 0 Å². The number of likely N-dealkylation sites (tertiary alicyclic amines) is 1. The molecule has 0 aliphatic carbocycles. The molecule has 2 heterocycles. The number of carbonyl (C=O) groups excluding carboxylic acids is 1. The molecule has 4 nitrogen and oxygen atoms in total. The highest BCUT2D eigenvalue weighted by atomic mass is 35.5. The van der Waals surface area contributed by atoms with E-state index in [0.29, 0.717) is 16.6 Å². The maximum atomic E-state index is 12.9. The predicted molar refractivity (Wildman–Crippen MR) is 97.9 cm³/mol. The van der Waals surface area contributed by atoms with Gasteiger partial charge in [-0.2, -0.15) is 0 Å². The normalized spacial score (nSPS) is 17.6. The fraction of sp³-hybridized carbons (Fsp3) is 0.368. The number of hydrogen-bond donors (Lipinski definition) is 1. The van der Waals surface area contributed by atoms with Crippen LogP contribution < -0.4 is 5.32 Å². The van der Waals surface area contributed by atoms with Crippen molar-refractivity contribution in [3.05, 3.63) is 53.3 Å². The molecule has 1 atom stereocenters. The topological polar surface area (TPSA) is 45.2 Å². The Balaban J connectivity index is 1.79. The SMILES string of the molecule is CCC1CCCCN1C(=O)c1cncc(Nc2ccccc2Cl)c1. The monoisotopic (exact) mass is 343 g/mol. The maximum Gasteiger partial charge on any atom is 0.255 e. The minimum atomic E-state index is 0.0665. The molecule has 0 radical (unpaired) electrons. The fourth-order valence-electron chi connectivity index (χ4n) is 3.20. The van der Waals surface area contributed by atoms with Gasteiger partial charge in [-0.1, -0.05) is 30.7 Å². The van der Waals surface area contributed by atoms with Gasteiger partial charge >= 0.3 is 0 Å². The van der Waals surface area contributed by atoms with Crippen LogP contribution in [0.4, 0.5) is 11.4 Å². The second kappa shape index (κ2) is 7.67. The van der Waals surface area contributed by atoms with Crippen molar-refractivity contribution in [2.24, 2.45) is 0 Å². The van der Waals surface area contributed by atoms with Crippen LogP contribution in [0.2, 0.25) is 5.02 Å². The first-order chi connectivity index (χ1) is 11.7. The number of benzene rings is 1. The summed E-state index contributed by atoms with van der Waals surface area (Å²) in [7, 11) is 0. The molecule has 3 rings (SSSR count). The molecule has 0 bridgehead atoms. The highest BCUT2D eigenvalue weighted by Crippen LogP contribution is 2.26. The molecule has 1 fully saturated rings. The van der Waals surface area contributed by atoms with Crippen LogP contribution in [0.1, 0.15) is 43.0 Å². The number of rotatable bonds is 4. The largest absolute Gasteiger partial charge is 0.353 e. The van der Waals surface area contributed by atoms with Gasteiger partial charge in [0.25, 0.3) is 5.91 Å². The van der Waals surface area contributed by atoms with Crippen molar-refractivity contribution in [2.45, 2.75) is 38.6 Å². The summed E-state index contributed by atoms with van der Waals surface area (Å²) in [4.78, 5) is 19.1. The molecule has 2 aromatic rings. The number of piperidine rings is 1. The Labute approximate surface area is 147 Å². The lowest BCUT2D eigenvalue weighted by atomic mass is 9.99. The summed E-state index contributed by atoms with van der Waals surface area (Å²) >= 11 is 6.18. The van der Waals surface area contributed by atoms with E-state index < -0.39 is 0 Å². The van der Waals surface area contributed by atoms with Gasteiger partial charge in [0.1, 0.15) is 0 Å². The van der Waals surface area contributed by atoms with E-state index in [0.717, 1.165) is 37.2 Å². The van der Waals surface area contributed by atoms with Crippen LogP contribution in [0.25, 0.3) is 0 Å². The van der Waals surface area contributed by atoms with Gasteiger partial charge in [-0.25, -0.2) is 0 Å². The molecule has 1 amide bonds. The van der Waals surface area contributed by atoms with Crippen molar-refractivity contribution >= 4 is 28.9 Å². The van der Waals surface area contributed by atoms with E-state index in [1.165, 1.54) is 6.42 Å². The van der Waals surface area contributed by atoms with Crippen LogP contribution in [0.15, 0.2) is 42.7 Å². The summed E-state index contributed by atoms with van der Waals surface area (Å²) < 4.78 is 0. The van der Waals surface area contributed by atoms with Crippen LogP contribution in [-0.2, 0) is 0 Å². The Hall–Kier alpha value is -2.07. The first kappa shape index (κ1) is 16.8. The number of aromatic nitrogens is 1. The van der Waals surface area contributed by atoms with Crippen LogP contribution in [0, 0.1) is 0 Å². The zero-order valence-corrected chi connectivity index (χ0v) is 14.6. The smallest absolute Gasteiger partial charge is 0.255 e. The van der Waals surface area contributed by atoms with Gasteiger partial charge in [-0.05, 0) is 43.9 Å². The first-order valence-electron chi connectivity index (χ1n) is 8.46. The van der Waals surface area contributed by atoms with Gasteiger partial charge in [-0.3, -0.25) is 9.78 Å². The molecule has 1 saturated heterocycles. The first-order valence-corrected chi connectivity index (χ1v) is 8.84. The van der Waals surface area contributed by atoms with Crippen molar-refractivity contribution in [2.75, 3.05) is 11.9 Å². The van der Waals surface area contributed by atoms with Crippen LogP contribution >= 0.6 is 11.6 Å². The number of pyridine rings is 1. The molecule has 1 aromatic carbocycles. The summed E-state index contributed by atoms with van der Waals surface area (Å²) in [6.07, 6.45) is 7.71. The number of halogens is 1. The van der Waals surface area contributed by atoms with E-state index in [2.05, 4.69) is 17.2 Å². The van der Waals surface area contributed by atoms with Gasteiger partial charge in [-0.15, -0.1) is 0 Å². The summed E-state index contributed by atoms with van der Waals surface area (Å²) in [6, 6.07) is 9.70. The summed E-state index contributed by atoms with van der Waals surface area (Å²) in [5.74, 6) is 0.0665. The van der Waals surface area contributed by atoms with Gasteiger partial charge in [0.2, 0.25) is 0 Å². The Kier molecular flexibility index (Phi) is 5.36. The maximum absolute atomic E-state index is 12.9. The van der Waals surface area contributed by atoms with E-state index in [9.17, 15) is 4.79 Å². The van der Waals surface area contributed by atoms with Crippen LogP contribution in [-0.4, -0.2) is 28.4 Å². The minimum Gasteiger partial charge on any atom is -0.353 e. The fourth-order valence-corrected chi connectivity index (χ4v) is 3.38. The number of para-hydroxylation sites is 1. The molecule has 1 aromatic heterocycles. The quantitative estimate of drug-likeness (QED) is 0.860. The second-order valence-electron chi connectivity index (χ2n) is 6.12. The number of anilines is 2. The Morgan fingerprint density at radius 2 is 2.17 bits per heavy atom. The highest BCUT2D eigenvalue weighted by Gasteiger charge is 2.26. The lowest BCUT2D eigenvalue weighted by molar-refractivity contribution is 0.0607. The average Bonchev–Trinajstić information content (AvgIpc) is 2.63. The molecule has 1 aliphatic rings. The van der Waals surface area contributed by atoms with Crippen molar-refractivity contribution in [3.63, 3.8) is 0 Å². The van der Waals surface area contributed by atoms with E-state index in [1.807, 2.05) is 35.2 Å². The zero-order chi connectivity index (χ0) is 16.9. The molecule has 1 aliphatic heterocycles. The zero-order valence-electron chi connectivity index (χ0n) is 13.8. The van der Waals surface area contributed by atoms with Crippen molar-refractivity contribution in [1.29, 1.82) is 0 Å². The molecule has 1 N–H and O–H groups in total. The number of hydrogen-bond acceptors (Lipinski definition) is 3. The average molecular weight is 344 g/mol. The Morgan fingerprint density at radius 3 is 2.96 bits per heavy atom. The molecule has 1 unspecified atom stereocenters. The Morgan fingerprint density at radius 1 is 1.33 bits per heavy atom. The van der Waals surface area contributed by atoms with Crippen molar-refractivity contribution in [3.8, 4) is 0 Å². The minimum absolute atomic E-state index is 0.0665. The third-order valence-electron chi connectivity index (χ3n) is 4.50. The van der Waals surface area contributed by atoms with Gasteiger partial charge in [0.05, 0.1) is 28.2 Å². The van der Waals surface area contributed by atoms with Gasteiger partial charge in [0, 0.05) is 18.8 Å². The van der Waals surface area contributed by atoms with E-state index in [1.54, 1.807) is 12.4 Å². The van der Waals surface area contributed by atoms with E-state index in [4.69, 9.17) is 11.6 Å². The van der Waals surface area contributed by atoms with Crippen molar-refractivity contribution < 1.29 is 4.79 Å². The predicted octanol–water partition coefficient (Wildman–Crippen LogP) is 4.88. The molecule has 24 heavy (non-hydrogen) atoms. The lowest BCUT2D eigenvalue weighted by Gasteiger charge is -2.35. The molecular weight excluding hydrogens is 322 g/mol. The Bertz CT molecular complexity index is 719. The van der Waals surface area contributed by atoms with Gasteiger partial charge < -0.3 is 10.2 Å². The number of amides is 1. The standard InChI is InChI=1S/C19H22ClN3O/c1-2-16-7-5-6-10-23(16)19(24)14-11-15(13-21-12-14)22-18-9-4-3-8-17(18)20/h3-4,8-9,11-13,16,22H,2,5-7,10H2,1H3. The third-order valence-corrected chi connectivity index (χ3v) is 4.83. The summed E-state index contributed by atoms with van der Waals surface area (Å²) in [5.41, 5.74) is 2.18. The molecule has 0 saturated carbocycles. The number of nitrogens with zero attached hydrogens (tertiary/aromatic N) is 2. The summed E-state index contributed by atoms with van der Waals surface area (Å²) in [5, 5.41) is 3.87. The van der Waals surface area contributed by atoms with E-state index in [-0.39, 0.29) is 5.91 Å². The highest BCUT2D eigenvalue weighted by molar-refractivity contribution is 6.33. The van der Waals surface area contributed by atoms with Crippen LogP contribution in [0.5, 0.6) is 0 Å². The van der Waals surface area contributed by atoms with E-state index >= 15 is 0 Å². The lowest BCUT2D eigenvalue weighted by Crippen LogP contribution is -2.43. The number of carbonyl (C=O) groups is 1. The molecule has 5 heteroatoms. The molecule has 126 valence electrons. The number of nitrogens with one attached hydrogen (secondary N) is 1. The summed E-state index contributed by atoms with van der Waals surface area (Å²) in [6.45, 7) is 2.98. The molecular formula is C19H22ClN3O. The van der Waals surface area contributed by atoms with Crippen molar-refractivity contribution in [1.82, 2.24) is 9.88 Å².